The molecule has 1 aromatic heterocycles. The van der Waals surface area contributed by atoms with E-state index in [-0.39, 0.29) is 35.3 Å². The summed E-state index contributed by atoms with van der Waals surface area (Å²) in [6.45, 7) is 1.90. The topological polar surface area (TPSA) is 48.3 Å². The molecule has 1 heterocycles. The Morgan fingerprint density at radius 2 is 1.96 bits per heavy atom. The molecule has 0 saturated heterocycles. The van der Waals surface area contributed by atoms with Crippen LogP contribution in [-0.2, 0) is 4.74 Å². The van der Waals surface area contributed by atoms with Gasteiger partial charge in [0.05, 0.1) is 12.1 Å². The number of carbonyl (C=O) groups is 1. The molecule has 0 amide bonds. The standard InChI is InChI=1S/C20H22FNO3/c1-2-25-20(24)16-11-22(13-7-8-13)18-10-14(12-5-3-4-6-12)17(21)9-15(18)19(16)23/h9-13H,2-8H2,1H3. The number of esters is 1. The second-order valence-corrected chi connectivity index (χ2v) is 7.10. The molecule has 132 valence electrons. The van der Waals surface area contributed by atoms with E-state index in [1.165, 1.54) is 6.07 Å². The maximum Gasteiger partial charge on any atom is 0.343 e. The van der Waals surface area contributed by atoms with Crippen LogP contribution in [0.2, 0.25) is 0 Å². The fourth-order valence-electron chi connectivity index (χ4n) is 3.94. The summed E-state index contributed by atoms with van der Waals surface area (Å²) in [5, 5.41) is 0.275. The van der Waals surface area contributed by atoms with Crippen molar-refractivity contribution in [1.82, 2.24) is 4.57 Å². The summed E-state index contributed by atoms with van der Waals surface area (Å²) in [4.78, 5) is 24.9. The lowest BCUT2D eigenvalue weighted by molar-refractivity contribution is 0.0524. The first-order chi connectivity index (χ1) is 12.1. The van der Waals surface area contributed by atoms with Crippen molar-refractivity contribution in [2.75, 3.05) is 6.61 Å². The summed E-state index contributed by atoms with van der Waals surface area (Å²) < 4.78 is 21.7. The van der Waals surface area contributed by atoms with Gasteiger partial charge in [-0.2, -0.15) is 0 Å². The normalized spacial score (nSPS) is 18.0. The number of ether oxygens (including phenoxy) is 1. The number of benzene rings is 1. The third-order valence-corrected chi connectivity index (χ3v) is 5.38. The molecule has 0 radical (unpaired) electrons. The van der Waals surface area contributed by atoms with E-state index in [2.05, 4.69) is 0 Å². The van der Waals surface area contributed by atoms with Crippen LogP contribution < -0.4 is 5.43 Å². The van der Waals surface area contributed by atoms with Crippen molar-refractivity contribution in [1.29, 1.82) is 0 Å². The van der Waals surface area contributed by atoms with Crippen molar-refractivity contribution < 1.29 is 13.9 Å². The first-order valence-corrected chi connectivity index (χ1v) is 9.15. The van der Waals surface area contributed by atoms with E-state index >= 15 is 0 Å². The second kappa shape index (κ2) is 6.28. The fourth-order valence-corrected chi connectivity index (χ4v) is 3.94. The van der Waals surface area contributed by atoms with Crippen LogP contribution in [0.4, 0.5) is 4.39 Å². The minimum Gasteiger partial charge on any atom is -0.462 e. The molecule has 0 aliphatic heterocycles. The number of carbonyl (C=O) groups excluding carboxylic acids is 1. The number of hydrogen-bond acceptors (Lipinski definition) is 3. The van der Waals surface area contributed by atoms with Gasteiger partial charge < -0.3 is 9.30 Å². The lowest BCUT2D eigenvalue weighted by Crippen LogP contribution is -2.21. The van der Waals surface area contributed by atoms with Gasteiger partial charge in [0, 0.05) is 17.6 Å². The van der Waals surface area contributed by atoms with Crippen molar-refractivity contribution in [3.63, 3.8) is 0 Å². The van der Waals surface area contributed by atoms with Gasteiger partial charge in [-0.3, -0.25) is 4.79 Å². The molecule has 0 spiro atoms. The predicted molar refractivity (Wildman–Crippen MR) is 93.6 cm³/mol. The smallest absolute Gasteiger partial charge is 0.343 e. The lowest BCUT2D eigenvalue weighted by Gasteiger charge is -2.16. The largest absolute Gasteiger partial charge is 0.462 e. The Morgan fingerprint density at radius 1 is 1.24 bits per heavy atom. The van der Waals surface area contributed by atoms with Crippen molar-refractivity contribution in [3.8, 4) is 0 Å². The number of hydrogen-bond donors (Lipinski definition) is 0. The molecule has 0 atom stereocenters. The first kappa shape index (κ1) is 16.3. The van der Waals surface area contributed by atoms with Gasteiger partial charge in [-0.05, 0) is 56.2 Å². The summed E-state index contributed by atoms with van der Waals surface area (Å²) in [5.41, 5.74) is 1.00. The molecule has 1 aromatic carbocycles. The third kappa shape index (κ3) is 2.86. The predicted octanol–water partition coefficient (Wildman–Crippen LogP) is 4.31. The summed E-state index contributed by atoms with van der Waals surface area (Å²) in [7, 11) is 0. The molecular weight excluding hydrogens is 321 g/mol. The summed E-state index contributed by atoms with van der Waals surface area (Å²) in [6, 6.07) is 3.44. The van der Waals surface area contributed by atoms with Crippen LogP contribution in [0.15, 0.2) is 23.1 Å². The third-order valence-electron chi connectivity index (χ3n) is 5.38. The van der Waals surface area contributed by atoms with Crippen LogP contribution in [-0.4, -0.2) is 17.1 Å². The van der Waals surface area contributed by atoms with Gasteiger partial charge in [0.25, 0.3) is 0 Å². The van der Waals surface area contributed by atoms with Crippen LogP contribution in [0.5, 0.6) is 0 Å². The SMILES string of the molecule is CCOC(=O)c1cn(C2CC2)c2cc(C3CCCC3)c(F)cc2c1=O. The van der Waals surface area contributed by atoms with Gasteiger partial charge in [0.15, 0.2) is 0 Å². The minimum absolute atomic E-state index is 0.00531. The zero-order valence-corrected chi connectivity index (χ0v) is 14.4. The average Bonchev–Trinajstić information content (AvgIpc) is 3.29. The minimum atomic E-state index is -0.635. The number of pyridine rings is 1. The quantitative estimate of drug-likeness (QED) is 0.777. The van der Waals surface area contributed by atoms with Gasteiger partial charge in [-0.25, -0.2) is 9.18 Å². The Kier molecular flexibility index (Phi) is 4.10. The molecule has 2 aromatic rings. The van der Waals surface area contributed by atoms with E-state index in [4.69, 9.17) is 4.74 Å². The van der Waals surface area contributed by atoms with Crippen LogP contribution >= 0.6 is 0 Å². The highest BCUT2D eigenvalue weighted by atomic mass is 19.1. The van der Waals surface area contributed by atoms with Gasteiger partial charge in [-0.15, -0.1) is 0 Å². The van der Waals surface area contributed by atoms with Gasteiger partial charge in [0.1, 0.15) is 11.4 Å². The molecule has 4 nitrogen and oxygen atoms in total. The van der Waals surface area contributed by atoms with E-state index in [0.717, 1.165) is 44.0 Å². The number of nitrogens with zero attached hydrogens (tertiary/aromatic N) is 1. The van der Waals surface area contributed by atoms with Crippen molar-refractivity contribution in [2.45, 2.75) is 57.4 Å². The van der Waals surface area contributed by atoms with Crippen molar-refractivity contribution >= 4 is 16.9 Å². The Morgan fingerprint density at radius 3 is 2.60 bits per heavy atom. The Bertz CT molecular complexity index is 892. The molecule has 5 heteroatoms. The van der Waals surface area contributed by atoms with E-state index in [0.29, 0.717) is 5.56 Å². The zero-order valence-electron chi connectivity index (χ0n) is 14.4. The maximum absolute atomic E-state index is 14.7. The Balaban J connectivity index is 1.93. The molecule has 25 heavy (non-hydrogen) atoms. The molecule has 0 N–H and O–H groups in total. The van der Waals surface area contributed by atoms with E-state index in [9.17, 15) is 14.0 Å². The summed E-state index contributed by atoms with van der Waals surface area (Å²) >= 11 is 0. The Hall–Kier alpha value is -2.17. The molecule has 0 bridgehead atoms. The monoisotopic (exact) mass is 343 g/mol. The molecule has 2 aliphatic rings. The average molecular weight is 343 g/mol. The Labute approximate surface area is 145 Å². The van der Waals surface area contributed by atoms with E-state index in [1.54, 1.807) is 13.1 Å². The summed E-state index contributed by atoms with van der Waals surface area (Å²) in [5.74, 6) is -0.735. The molecule has 4 rings (SSSR count). The van der Waals surface area contributed by atoms with Crippen molar-refractivity contribution in [2.24, 2.45) is 0 Å². The van der Waals surface area contributed by atoms with Crippen LogP contribution in [0.1, 0.15) is 73.3 Å². The molecular formula is C20H22FNO3. The number of fused-ring (bicyclic) bond motifs is 1. The van der Waals surface area contributed by atoms with Gasteiger partial charge in [-0.1, -0.05) is 12.8 Å². The maximum atomic E-state index is 14.7. The van der Waals surface area contributed by atoms with Gasteiger partial charge >= 0.3 is 5.97 Å². The van der Waals surface area contributed by atoms with Crippen LogP contribution in [0, 0.1) is 5.82 Å². The van der Waals surface area contributed by atoms with E-state index in [1.807, 2.05) is 10.6 Å². The number of rotatable bonds is 4. The van der Waals surface area contributed by atoms with Crippen LogP contribution in [0.3, 0.4) is 0 Å². The molecule has 0 unspecified atom stereocenters. The fraction of sp³-hybridized carbons (Fsp3) is 0.500. The molecule has 2 aliphatic carbocycles. The number of halogens is 1. The lowest BCUT2D eigenvalue weighted by atomic mass is 9.95. The van der Waals surface area contributed by atoms with E-state index < -0.39 is 11.4 Å². The highest BCUT2D eigenvalue weighted by molar-refractivity contribution is 5.94. The highest BCUT2D eigenvalue weighted by Crippen LogP contribution is 2.40. The highest BCUT2D eigenvalue weighted by Gasteiger charge is 2.29. The second-order valence-electron chi connectivity index (χ2n) is 7.10. The zero-order chi connectivity index (χ0) is 17.6. The van der Waals surface area contributed by atoms with Crippen molar-refractivity contribution in [3.05, 3.63) is 45.5 Å². The molecule has 2 fully saturated rings. The molecule has 2 saturated carbocycles. The summed E-state index contributed by atoms with van der Waals surface area (Å²) in [6.07, 6.45) is 7.87. The number of aromatic nitrogens is 1. The van der Waals surface area contributed by atoms with Crippen LogP contribution in [0.25, 0.3) is 10.9 Å². The first-order valence-electron chi connectivity index (χ1n) is 9.15. The van der Waals surface area contributed by atoms with Gasteiger partial charge in [0.2, 0.25) is 5.43 Å².